The highest BCUT2D eigenvalue weighted by Crippen LogP contribution is 2.61. The van der Waals surface area contributed by atoms with Crippen LogP contribution < -0.4 is 19.7 Å². The lowest BCUT2D eigenvalue weighted by Gasteiger charge is -2.36. The fourth-order valence-corrected chi connectivity index (χ4v) is 6.83. The topological polar surface area (TPSA) is 88.2 Å². The maximum Gasteiger partial charge on any atom is 0.250 e. The molecule has 0 aromatic heterocycles. The van der Waals surface area contributed by atoms with Gasteiger partial charge in [-0.3, -0.25) is 19.3 Å². The van der Waals surface area contributed by atoms with Gasteiger partial charge in [-0.05, 0) is 50.1 Å². The molecule has 8 nitrogen and oxygen atoms in total. The molecule has 3 amide bonds. The average molecular weight is 466 g/mol. The minimum Gasteiger partial charge on any atom is -0.454 e. The van der Waals surface area contributed by atoms with Crippen LogP contribution in [0.1, 0.15) is 24.0 Å². The van der Waals surface area contributed by atoms with Crippen LogP contribution in [-0.2, 0) is 19.9 Å². The maximum atomic E-state index is 14.0. The number of carbonyl (C=O) groups is 3. The Bertz CT molecular complexity index is 1300. The Kier molecular flexibility index (Phi) is 3.68. The van der Waals surface area contributed by atoms with Gasteiger partial charge in [-0.1, -0.05) is 17.7 Å². The van der Waals surface area contributed by atoms with Crippen LogP contribution in [0.15, 0.2) is 30.3 Å². The molecular formula is C24H20ClN3O5. The number of nitrogens with zero attached hydrogens (tertiary/aromatic N) is 2. The standard InChI is InChI=1S/C24H20ClN3O5/c1-11-14(25)6-5-13-20(11)26-23(31)24(13)19-18(15-3-2-8-27(15)24)21(29)28(22(19)30)12-4-7-16-17(9-12)33-10-32-16/h4-7,9,15,18-19H,2-3,8,10H2,1H3,(H,26,31)/t15-,18-,19-,24+/m1/s1. The third-order valence-corrected chi connectivity index (χ3v) is 8.39. The van der Waals surface area contributed by atoms with Gasteiger partial charge in [0.2, 0.25) is 24.5 Å². The van der Waals surface area contributed by atoms with Gasteiger partial charge in [-0.15, -0.1) is 0 Å². The summed E-state index contributed by atoms with van der Waals surface area (Å²) in [6.07, 6.45) is 1.64. The van der Waals surface area contributed by atoms with Crippen molar-refractivity contribution < 1.29 is 23.9 Å². The highest BCUT2D eigenvalue weighted by molar-refractivity contribution is 6.32. The summed E-state index contributed by atoms with van der Waals surface area (Å²) < 4.78 is 10.8. The lowest BCUT2D eigenvalue weighted by molar-refractivity contribution is -0.135. The van der Waals surface area contributed by atoms with Gasteiger partial charge in [0.15, 0.2) is 11.5 Å². The summed E-state index contributed by atoms with van der Waals surface area (Å²) in [5.41, 5.74) is 1.38. The number of rotatable bonds is 1. The lowest BCUT2D eigenvalue weighted by atomic mass is 9.75. The van der Waals surface area contributed by atoms with Crippen molar-refractivity contribution in [2.75, 3.05) is 23.6 Å². The number of hydrogen-bond acceptors (Lipinski definition) is 6. The van der Waals surface area contributed by atoms with Crippen molar-refractivity contribution in [3.05, 3.63) is 46.5 Å². The molecule has 33 heavy (non-hydrogen) atoms. The van der Waals surface area contributed by atoms with Crippen molar-refractivity contribution in [1.82, 2.24) is 4.90 Å². The molecule has 168 valence electrons. The van der Waals surface area contributed by atoms with Crippen molar-refractivity contribution in [2.24, 2.45) is 11.8 Å². The predicted molar refractivity (Wildman–Crippen MR) is 118 cm³/mol. The van der Waals surface area contributed by atoms with Crippen LogP contribution >= 0.6 is 11.6 Å². The van der Waals surface area contributed by atoms with Crippen LogP contribution in [0.3, 0.4) is 0 Å². The van der Waals surface area contributed by atoms with Gasteiger partial charge in [0, 0.05) is 22.7 Å². The molecule has 3 saturated heterocycles. The molecule has 1 N–H and O–H groups in total. The summed E-state index contributed by atoms with van der Waals surface area (Å²) in [6, 6.07) is 8.49. The van der Waals surface area contributed by atoms with E-state index in [4.69, 9.17) is 21.1 Å². The lowest BCUT2D eigenvalue weighted by Crippen LogP contribution is -2.54. The molecule has 4 atom stereocenters. The molecule has 2 aromatic carbocycles. The summed E-state index contributed by atoms with van der Waals surface area (Å²) in [5, 5.41) is 3.56. The Labute approximate surface area is 194 Å². The van der Waals surface area contributed by atoms with Gasteiger partial charge in [0.1, 0.15) is 5.54 Å². The summed E-state index contributed by atoms with van der Waals surface area (Å²) >= 11 is 6.34. The number of hydrogen-bond donors (Lipinski definition) is 1. The largest absolute Gasteiger partial charge is 0.454 e. The molecule has 0 aliphatic carbocycles. The molecule has 7 rings (SSSR count). The van der Waals surface area contributed by atoms with Gasteiger partial charge in [0.25, 0.3) is 0 Å². The number of ether oxygens (including phenoxy) is 2. The monoisotopic (exact) mass is 465 g/mol. The van der Waals surface area contributed by atoms with Crippen molar-refractivity contribution in [3.63, 3.8) is 0 Å². The zero-order valence-electron chi connectivity index (χ0n) is 17.8. The van der Waals surface area contributed by atoms with E-state index in [2.05, 4.69) is 10.2 Å². The van der Waals surface area contributed by atoms with Crippen LogP contribution in [0.4, 0.5) is 11.4 Å². The van der Waals surface area contributed by atoms with E-state index in [-0.39, 0.29) is 30.6 Å². The van der Waals surface area contributed by atoms with Crippen molar-refractivity contribution in [1.29, 1.82) is 0 Å². The Hall–Kier alpha value is -3.10. The Morgan fingerprint density at radius 3 is 2.76 bits per heavy atom. The second-order valence-corrected chi connectivity index (χ2v) is 9.68. The number of carbonyl (C=O) groups excluding carboxylic acids is 3. The SMILES string of the molecule is Cc1c(Cl)ccc2c1NC(=O)[C@@]21[C@H]2C(=O)N(c3ccc4c(c3)OCO4)C(=O)[C@@H]2[C@H]2CCCN21. The second kappa shape index (κ2) is 6.27. The quantitative estimate of drug-likeness (QED) is 0.652. The Morgan fingerprint density at radius 2 is 1.91 bits per heavy atom. The number of fused-ring (bicyclic) bond motifs is 8. The molecule has 0 radical (unpaired) electrons. The van der Waals surface area contributed by atoms with Crippen LogP contribution in [0.25, 0.3) is 0 Å². The van der Waals surface area contributed by atoms with Crippen LogP contribution in [0.5, 0.6) is 11.5 Å². The molecule has 9 heteroatoms. The van der Waals surface area contributed by atoms with E-state index in [1.165, 1.54) is 4.90 Å². The zero-order valence-corrected chi connectivity index (χ0v) is 18.5. The summed E-state index contributed by atoms with van der Waals surface area (Å²) in [4.78, 5) is 44.8. The third kappa shape index (κ3) is 2.14. The van der Waals surface area contributed by atoms with Crippen LogP contribution in [0.2, 0.25) is 5.02 Å². The first kappa shape index (κ1) is 19.4. The van der Waals surface area contributed by atoms with Gasteiger partial charge in [-0.2, -0.15) is 0 Å². The first-order chi connectivity index (χ1) is 15.9. The van der Waals surface area contributed by atoms with Crippen LogP contribution in [0, 0.1) is 18.8 Å². The number of benzene rings is 2. The molecule has 5 aliphatic rings. The van der Waals surface area contributed by atoms with Crippen molar-refractivity contribution >= 4 is 40.7 Å². The Morgan fingerprint density at radius 1 is 1.09 bits per heavy atom. The molecule has 0 unspecified atom stereocenters. The van der Waals surface area contributed by atoms with E-state index >= 15 is 0 Å². The van der Waals surface area contributed by atoms with E-state index in [1.807, 2.05) is 13.0 Å². The number of amides is 3. The summed E-state index contributed by atoms with van der Waals surface area (Å²) in [6.45, 7) is 2.62. The molecule has 3 fully saturated rings. The highest BCUT2D eigenvalue weighted by Gasteiger charge is 2.74. The molecular weight excluding hydrogens is 446 g/mol. The van der Waals surface area contributed by atoms with Crippen molar-refractivity contribution in [2.45, 2.75) is 31.3 Å². The van der Waals surface area contributed by atoms with Gasteiger partial charge >= 0.3 is 0 Å². The first-order valence-electron chi connectivity index (χ1n) is 11.1. The van der Waals surface area contributed by atoms with Gasteiger partial charge < -0.3 is 14.8 Å². The minimum absolute atomic E-state index is 0.102. The maximum absolute atomic E-state index is 14.0. The van der Waals surface area contributed by atoms with E-state index in [0.717, 1.165) is 24.0 Å². The van der Waals surface area contributed by atoms with E-state index in [1.54, 1.807) is 24.3 Å². The average Bonchev–Trinajstić information content (AvgIpc) is 3.57. The van der Waals surface area contributed by atoms with Gasteiger partial charge in [-0.25, -0.2) is 4.90 Å². The van der Waals surface area contributed by atoms with Crippen LogP contribution in [-0.4, -0.2) is 42.0 Å². The Balaban J connectivity index is 1.41. The number of anilines is 2. The van der Waals surface area contributed by atoms with E-state index in [9.17, 15) is 14.4 Å². The smallest absolute Gasteiger partial charge is 0.250 e. The van der Waals surface area contributed by atoms with E-state index < -0.39 is 17.4 Å². The number of nitrogens with one attached hydrogen (secondary N) is 1. The highest BCUT2D eigenvalue weighted by atomic mass is 35.5. The van der Waals surface area contributed by atoms with Crippen molar-refractivity contribution in [3.8, 4) is 11.5 Å². The van der Waals surface area contributed by atoms with Gasteiger partial charge in [0.05, 0.1) is 23.2 Å². The molecule has 2 aromatic rings. The third-order valence-electron chi connectivity index (χ3n) is 7.98. The molecule has 0 bridgehead atoms. The first-order valence-corrected chi connectivity index (χ1v) is 11.5. The second-order valence-electron chi connectivity index (χ2n) is 9.27. The molecule has 1 spiro atoms. The fraction of sp³-hybridized carbons (Fsp3) is 0.375. The predicted octanol–water partition coefficient (Wildman–Crippen LogP) is 2.81. The molecule has 5 heterocycles. The minimum atomic E-state index is -1.21. The number of halogens is 1. The summed E-state index contributed by atoms with van der Waals surface area (Å²) in [5.74, 6) is -1.18. The van der Waals surface area contributed by atoms with E-state index in [0.29, 0.717) is 34.4 Å². The molecule has 0 saturated carbocycles. The zero-order chi connectivity index (χ0) is 22.6. The molecule has 5 aliphatic heterocycles. The fourth-order valence-electron chi connectivity index (χ4n) is 6.67. The normalized spacial score (nSPS) is 31.4. The summed E-state index contributed by atoms with van der Waals surface area (Å²) in [7, 11) is 0. The number of imide groups is 1.